The maximum absolute atomic E-state index is 12.6. The lowest BCUT2D eigenvalue weighted by Gasteiger charge is -2.29. The molecule has 0 saturated carbocycles. The number of rotatable bonds is 4. The highest BCUT2D eigenvalue weighted by Gasteiger charge is 2.32. The standard InChI is InChI=1S/C13H17NO4S2/c1-19-11-4-2-3-5-12(11)20(17,18)14-8-6-10(7-9-14)13(15)16/h2-5,10H,6-9H2,1H3,(H,15,16). The Kier molecular flexibility index (Phi) is 4.72. The fourth-order valence-corrected chi connectivity index (χ4v) is 4.91. The summed E-state index contributed by atoms with van der Waals surface area (Å²) >= 11 is 1.39. The number of piperidine rings is 1. The van der Waals surface area contributed by atoms with Gasteiger partial charge >= 0.3 is 5.97 Å². The lowest BCUT2D eigenvalue weighted by atomic mass is 9.99. The van der Waals surface area contributed by atoms with Gasteiger partial charge in [-0.05, 0) is 31.2 Å². The second-order valence-electron chi connectivity index (χ2n) is 4.67. The average Bonchev–Trinajstić information content (AvgIpc) is 2.47. The molecule has 1 aliphatic heterocycles. The van der Waals surface area contributed by atoms with E-state index >= 15 is 0 Å². The van der Waals surface area contributed by atoms with Gasteiger partial charge in [0.2, 0.25) is 10.0 Å². The predicted molar refractivity (Wildman–Crippen MR) is 77.3 cm³/mol. The molecule has 2 rings (SSSR count). The number of sulfonamides is 1. The summed E-state index contributed by atoms with van der Waals surface area (Å²) in [6.07, 6.45) is 2.58. The average molecular weight is 315 g/mol. The Labute approximate surface area is 123 Å². The second-order valence-corrected chi connectivity index (χ2v) is 7.42. The number of carbonyl (C=O) groups is 1. The van der Waals surface area contributed by atoms with Crippen LogP contribution in [-0.4, -0.2) is 43.1 Å². The molecule has 0 bridgehead atoms. The molecular formula is C13H17NO4S2. The molecule has 1 aliphatic rings. The lowest BCUT2D eigenvalue weighted by Crippen LogP contribution is -2.40. The SMILES string of the molecule is CSc1ccccc1S(=O)(=O)N1CCC(C(=O)O)CC1. The lowest BCUT2D eigenvalue weighted by molar-refractivity contribution is -0.142. The molecule has 110 valence electrons. The summed E-state index contributed by atoms with van der Waals surface area (Å²) in [4.78, 5) is 11.9. The quantitative estimate of drug-likeness (QED) is 0.859. The normalized spacial score (nSPS) is 18.1. The molecule has 0 spiro atoms. The summed E-state index contributed by atoms with van der Waals surface area (Å²) in [6.45, 7) is 0.532. The summed E-state index contributed by atoms with van der Waals surface area (Å²) in [5.41, 5.74) is 0. The number of nitrogens with zero attached hydrogens (tertiary/aromatic N) is 1. The van der Waals surface area contributed by atoms with Gasteiger partial charge in [0.05, 0.1) is 10.8 Å². The molecule has 0 aliphatic carbocycles. The molecule has 1 aromatic carbocycles. The van der Waals surface area contributed by atoms with E-state index < -0.39 is 21.9 Å². The summed E-state index contributed by atoms with van der Waals surface area (Å²) in [6, 6.07) is 6.89. The maximum atomic E-state index is 12.6. The molecule has 20 heavy (non-hydrogen) atoms. The topological polar surface area (TPSA) is 74.7 Å². The third kappa shape index (κ3) is 2.99. The van der Waals surface area contributed by atoms with Crippen molar-refractivity contribution < 1.29 is 18.3 Å². The Morgan fingerprint density at radius 3 is 2.45 bits per heavy atom. The molecule has 0 amide bonds. The van der Waals surface area contributed by atoms with E-state index in [1.54, 1.807) is 18.2 Å². The number of carboxylic acid groups (broad SMARTS) is 1. The van der Waals surface area contributed by atoms with E-state index in [2.05, 4.69) is 0 Å². The zero-order valence-corrected chi connectivity index (χ0v) is 12.8. The van der Waals surface area contributed by atoms with Crippen LogP contribution in [0.25, 0.3) is 0 Å². The number of thioether (sulfide) groups is 1. The van der Waals surface area contributed by atoms with Gasteiger partial charge in [-0.3, -0.25) is 4.79 Å². The second kappa shape index (κ2) is 6.15. The van der Waals surface area contributed by atoms with Crippen molar-refractivity contribution in [3.05, 3.63) is 24.3 Å². The number of benzene rings is 1. The van der Waals surface area contributed by atoms with Crippen molar-refractivity contribution in [2.45, 2.75) is 22.6 Å². The molecule has 7 heteroatoms. The van der Waals surface area contributed by atoms with Gasteiger partial charge in [0.25, 0.3) is 0 Å². The van der Waals surface area contributed by atoms with Crippen LogP contribution in [0.1, 0.15) is 12.8 Å². The number of hydrogen-bond donors (Lipinski definition) is 1. The van der Waals surface area contributed by atoms with Crippen LogP contribution in [0.5, 0.6) is 0 Å². The highest BCUT2D eigenvalue weighted by molar-refractivity contribution is 7.99. The van der Waals surface area contributed by atoms with Crippen molar-refractivity contribution in [3.63, 3.8) is 0 Å². The first-order chi connectivity index (χ1) is 9.46. The van der Waals surface area contributed by atoms with Crippen LogP contribution in [0.2, 0.25) is 0 Å². The fourth-order valence-electron chi connectivity index (χ4n) is 2.31. The monoisotopic (exact) mass is 315 g/mol. The van der Waals surface area contributed by atoms with E-state index in [0.717, 1.165) is 0 Å². The Bertz CT molecular complexity index is 592. The minimum absolute atomic E-state index is 0.266. The molecule has 0 unspecified atom stereocenters. The van der Waals surface area contributed by atoms with Gasteiger partial charge < -0.3 is 5.11 Å². The largest absolute Gasteiger partial charge is 0.481 e. The van der Waals surface area contributed by atoms with E-state index in [-0.39, 0.29) is 13.1 Å². The van der Waals surface area contributed by atoms with Crippen molar-refractivity contribution in [3.8, 4) is 0 Å². The maximum Gasteiger partial charge on any atom is 0.306 e. The summed E-state index contributed by atoms with van der Waals surface area (Å²) in [5, 5.41) is 8.96. The Morgan fingerprint density at radius 1 is 1.30 bits per heavy atom. The molecule has 1 aromatic rings. The summed E-state index contributed by atoms with van der Waals surface area (Å²) in [7, 11) is -3.53. The molecule has 0 aromatic heterocycles. The van der Waals surface area contributed by atoms with E-state index in [0.29, 0.717) is 22.6 Å². The molecular weight excluding hydrogens is 298 g/mol. The molecule has 1 heterocycles. The van der Waals surface area contributed by atoms with Gasteiger partial charge in [0.15, 0.2) is 0 Å². The van der Waals surface area contributed by atoms with E-state index in [4.69, 9.17) is 5.11 Å². The Hall–Kier alpha value is -1.05. The number of hydrogen-bond acceptors (Lipinski definition) is 4. The minimum atomic E-state index is -3.53. The summed E-state index contributed by atoms with van der Waals surface area (Å²) < 4.78 is 26.6. The van der Waals surface area contributed by atoms with Crippen LogP contribution < -0.4 is 0 Å². The molecule has 1 fully saturated rings. The molecule has 1 N–H and O–H groups in total. The van der Waals surface area contributed by atoms with Crippen molar-refractivity contribution >= 4 is 27.8 Å². The van der Waals surface area contributed by atoms with Crippen molar-refractivity contribution in [1.29, 1.82) is 0 Å². The smallest absolute Gasteiger partial charge is 0.306 e. The van der Waals surface area contributed by atoms with Gasteiger partial charge in [-0.25, -0.2) is 8.42 Å². The molecule has 0 radical (unpaired) electrons. The van der Waals surface area contributed by atoms with Crippen LogP contribution >= 0.6 is 11.8 Å². The first-order valence-corrected chi connectivity index (χ1v) is 8.99. The minimum Gasteiger partial charge on any atom is -0.481 e. The predicted octanol–water partition coefficient (Wildman–Crippen LogP) is 1.89. The highest BCUT2D eigenvalue weighted by atomic mass is 32.2. The number of carboxylic acids is 1. The van der Waals surface area contributed by atoms with Gasteiger partial charge in [0, 0.05) is 18.0 Å². The third-order valence-electron chi connectivity index (χ3n) is 3.49. The van der Waals surface area contributed by atoms with Crippen molar-refractivity contribution in [2.75, 3.05) is 19.3 Å². The van der Waals surface area contributed by atoms with Crippen LogP contribution in [0.15, 0.2) is 34.1 Å². The van der Waals surface area contributed by atoms with Crippen molar-refractivity contribution in [1.82, 2.24) is 4.31 Å². The van der Waals surface area contributed by atoms with E-state index in [1.807, 2.05) is 12.3 Å². The van der Waals surface area contributed by atoms with Gasteiger partial charge in [-0.15, -0.1) is 11.8 Å². The zero-order chi connectivity index (χ0) is 14.8. The van der Waals surface area contributed by atoms with Crippen LogP contribution in [0, 0.1) is 5.92 Å². The van der Waals surface area contributed by atoms with Gasteiger partial charge in [-0.2, -0.15) is 4.31 Å². The molecule has 5 nitrogen and oxygen atoms in total. The van der Waals surface area contributed by atoms with E-state index in [1.165, 1.54) is 16.1 Å². The fraction of sp³-hybridized carbons (Fsp3) is 0.462. The molecule has 1 saturated heterocycles. The summed E-state index contributed by atoms with van der Waals surface area (Å²) in [5.74, 6) is -1.27. The van der Waals surface area contributed by atoms with Crippen LogP contribution in [0.3, 0.4) is 0 Å². The zero-order valence-electron chi connectivity index (χ0n) is 11.2. The first kappa shape index (κ1) is 15.3. The highest BCUT2D eigenvalue weighted by Crippen LogP contribution is 2.29. The third-order valence-corrected chi connectivity index (χ3v) is 6.37. The Morgan fingerprint density at radius 2 is 1.90 bits per heavy atom. The van der Waals surface area contributed by atoms with E-state index in [9.17, 15) is 13.2 Å². The first-order valence-electron chi connectivity index (χ1n) is 6.33. The van der Waals surface area contributed by atoms with Gasteiger partial charge in [0.1, 0.15) is 0 Å². The van der Waals surface area contributed by atoms with Crippen LogP contribution in [-0.2, 0) is 14.8 Å². The molecule has 0 atom stereocenters. The Balaban J connectivity index is 2.22. The van der Waals surface area contributed by atoms with Crippen molar-refractivity contribution in [2.24, 2.45) is 5.92 Å². The van der Waals surface area contributed by atoms with Crippen LogP contribution in [0.4, 0.5) is 0 Å². The van der Waals surface area contributed by atoms with Gasteiger partial charge in [-0.1, -0.05) is 12.1 Å². The number of aliphatic carboxylic acids is 1.